The molecule has 0 aromatic heterocycles. The molecule has 0 saturated heterocycles. The smallest absolute Gasteiger partial charge is 0.0373 e. The Balaban J connectivity index is 0.000000720. The fourth-order valence-electron chi connectivity index (χ4n) is 1.44. The van der Waals surface area contributed by atoms with Crippen molar-refractivity contribution in [1.82, 2.24) is 0 Å². The van der Waals surface area contributed by atoms with E-state index in [0.717, 1.165) is 6.54 Å². The van der Waals surface area contributed by atoms with E-state index in [1.807, 2.05) is 0 Å². The van der Waals surface area contributed by atoms with E-state index in [1.165, 1.54) is 27.7 Å². The van der Waals surface area contributed by atoms with Crippen LogP contribution in [0, 0.1) is 3.57 Å². The SMILES string of the molecule is Cl.Ic1ccc2c(c1)CCCN2. The average Bonchev–Trinajstić information content (AvgIpc) is 2.04. The fourth-order valence-corrected chi connectivity index (χ4v) is 2.00. The zero-order valence-corrected chi connectivity index (χ0v) is 9.61. The topological polar surface area (TPSA) is 12.0 Å². The summed E-state index contributed by atoms with van der Waals surface area (Å²) in [4.78, 5) is 0. The number of benzene rings is 1. The van der Waals surface area contributed by atoms with Crippen molar-refractivity contribution in [2.24, 2.45) is 0 Å². The van der Waals surface area contributed by atoms with E-state index in [0.29, 0.717) is 0 Å². The quantitative estimate of drug-likeness (QED) is 0.725. The van der Waals surface area contributed by atoms with Crippen LogP contribution in [-0.4, -0.2) is 6.54 Å². The molecule has 1 aromatic carbocycles. The van der Waals surface area contributed by atoms with Gasteiger partial charge in [-0.05, 0) is 59.2 Å². The highest BCUT2D eigenvalue weighted by atomic mass is 127. The molecule has 1 aliphatic rings. The van der Waals surface area contributed by atoms with Crippen molar-refractivity contribution in [1.29, 1.82) is 0 Å². The lowest BCUT2D eigenvalue weighted by Gasteiger charge is -2.17. The van der Waals surface area contributed by atoms with Gasteiger partial charge in [0.15, 0.2) is 0 Å². The summed E-state index contributed by atoms with van der Waals surface area (Å²) in [6, 6.07) is 6.59. The molecule has 0 spiro atoms. The number of anilines is 1. The van der Waals surface area contributed by atoms with Gasteiger partial charge in [-0.1, -0.05) is 0 Å². The number of halogens is 2. The molecule has 0 fully saturated rings. The lowest BCUT2D eigenvalue weighted by molar-refractivity contribution is 0.829. The predicted octanol–water partition coefficient (Wildman–Crippen LogP) is 3.07. The third-order valence-corrected chi connectivity index (χ3v) is 2.68. The highest BCUT2D eigenvalue weighted by Gasteiger charge is 2.06. The van der Waals surface area contributed by atoms with Gasteiger partial charge in [-0.25, -0.2) is 0 Å². The maximum atomic E-state index is 3.39. The predicted molar refractivity (Wildman–Crippen MR) is 63.2 cm³/mol. The number of nitrogens with one attached hydrogen (secondary N) is 1. The molecular weight excluding hydrogens is 284 g/mol. The third kappa shape index (κ3) is 2.04. The van der Waals surface area contributed by atoms with E-state index in [9.17, 15) is 0 Å². The first-order valence-electron chi connectivity index (χ1n) is 3.88. The number of hydrogen-bond donors (Lipinski definition) is 1. The molecular formula is C9H11ClIN. The number of fused-ring (bicyclic) bond motifs is 1. The standard InChI is InChI=1S/C9H10IN.ClH/c10-8-3-4-9-7(6-8)2-1-5-11-9;/h3-4,6,11H,1-2,5H2;1H. The van der Waals surface area contributed by atoms with Gasteiger partial charge in [-0.2, -0.15) is 0 Å². The second kappa shape index (κ2) is 4.33. The summed E-state index contributed by atoms with van der Waals surface area (Å²) < 4.78 is 1.34. The summed E-state index contributed by atoms with van der Waals surface area (Å²) in [5.41, 5.74) is 2.81. The number of hydrogen-bond acceptors (Lipinski definition) is 1. The molecule has 0 amide bonds. The average molecular weight is 296 g/mol. The normalized spacial score (nSPS) is 14.1. The number of aryl methyl sites for hydroxylation is 1. The molecule has 1 N–H and O–H groups in total. The molecule has 0 atom stereocenters. The summed E-state index contributed by atoms with van der Waals surface area (Å²) in [5.74, 6) is 0. The van der Waals surface area contributed by atoms with Gasteiger partial charge in [0, 0.05) is 15.8 Å². The molecule has 0 radical (unpaired) electrons. The Kier molecular flexibility index (Phi) is 3.65. The van der Waals surface area contributed by atoms with Crippen LogP contribution in [0.2, 0.25) is 0 Å². The Morgan fingerprint density at radius 1 is 1.33 bits per heavy atom. The van der Waals surface area contributed by atoms with Gasteiger partial charge in [0.2, 0.25) is 0 Å². The van der Waals surface area contributed by atoms with Gasteiger partial charge in [0.1, 0.15) is 0 Å². The van der Waals surface area contributed by atoms with Crippen molar-refractivity contribution >= 4 is 40.7 Å². The van der Waals surface area contributed by atoms with Crippen molar-refractivity contribution in [2.45, 2.75) is 12.8 Å². The van der Waals surface area contributed by atoms with E-state index in [2.05, 4.69) is 46.1 Å². The van der Waals surface area contributed by atoms with Crippen LogP contribution in [0.3, 0.4) is 0 Å². The summed E-state index contributed by atoms with van der Waals surface area (Å²) in [7, 11) is 0. The Morgan fingerprint density at radius 2 is 2.17 bits per heavy atom. The first kappa shape index (κ1) is 10.1. The van der Waals surface area contributed by atoms with Gasteiger partial charge >= 0.3 is 0 Å². The minimum atomic E-state index is 0. The largest absolute Gasteiger partial charge is 0.385 e. The molecule has 12 heavy (non-hydrogen) atoms. The molecule has 2 rings (SSSR count). The second-order valence-corrected chi connectivity index (χ2v) is 4.08. The van der Waals surface area contributed by atoms with Crippen LogP contribution in [0.1, 0.15) is 12.0 Å². The van der Waals surface area contributed by atoms with E-state index < -0.39 is 0 Å². The molecule has 0 aliphatic carbocycles. The summed E-state index contributed by atoms with van der Waals surface area (Å²) in [5, 5.41) is 3.39. The molecule has 0 saturated carbocycles. The highest BCUT2D eigenvalue weighted by molar-refractivity contribution is 14.1. The van der Waals surface area contributed by atoms with Gasteiger partial charge in [-0.15, -0.1) is 12.4 Å². The van der Waals surface area contributed by atoms with Crippen LogP contribution in [0.4, 0.5) is 5.69 Å². The minimum absolute atomic E-state index is 0. The van der Waals surface area contributed by atoms with Gasteiger partial charge in [-0.3, -0.25) is 0 Å². The molecule has 0 unspecified atom stereocenters. The van der Waals surface area contributed by atoms with E-state index in [-0.39, 0.29) is 12.4 Å². The van der Waals surface area contributed by atoms with Crippen molar-refractivity contribution in [2.75, 3.05) is 11.9 Å². The first-order valence-corrected chi connectivity index (χ1v) is 4.96. The molecule has 1 aromatic rings. The molecule has 3 heteroatoms. The molecule has 1 nitrogen and oxygen atoms in total. The Bertz CT molecular complexity index is 275. The Labute approximate surface area is 92.5 Å². The Hall–Kier alpha value is 0.0400. The van der Waals surface area contributed by atoms with E-state index in [4.69, 9.17) is 0 Å². The maximum Gasteiger partial charge on any atom is 0.0373 e. The molecule has 0 bridgehead atoms. The summed E-state index contributed by atoms with van der Waals surface area (Å²) in [6.07, 6.45) is 2.51. The lowest BCUT2D eigenvalue weighted by Crippen LogP contribution is -2.11. The minimum Gasteiger partial charge on any atom is -0.385 e. The zero-order chi connectivity index (χ0) is 7.68. The van der Waals surface area contributed by atoms with Crippen LogP contribution in [0.15, 0.2) is 18.2 Å². The second-order valence-electron chi connectivity index (χ2n) is 2.83. The van der Waals surface area contributed by atoms with Crippen LogP contribution >= 0.6 is 35.0 Å². The van der Waals surface area contributed by atoms with E-state index in [1.54, 1.807) is 0 Å². The maximum absolute atomic E-state index is 3.39. The van der Waals surface area contributed by atoms with Gasteiger partial charge in [0.25, 0.3) is 0 Å². The van der Waals surface area contributed by atoms with Crippen LogP contribution in [0.25, 0.3) is 0 Å². The molecule has 66 valence electrons. The van der Waals surface area contributed by atoms with Crippen molar-refractivity contribution in [3.05, 3.63) is 27.3 Å². The third-order valence-electron chi connectivity index (χ3n) is 2.01. The van der Waals surface area contributed by atoms with E-state index >= 15 is 0 Å². The van der Waals surface area contributed by atoms with Crippen molar-refractivity contribution < 1.29 is 0 Å². The van der Waals surface area contributed by atoms with Crippen molar-refractivity contribution in [3.8, 4) is 0 Å². The van der Waals surface area contributed by atoms with Crippen LogP contribution in [-0.2, 0) is 6.42 Å². The molecule has 1 aliphatic heterocycles. The summed E-state index contributed by atoms with van der Waals surface area (Å²) in [6.45, 7) is 1.13. The monoisotopic (exact) mass is 295 g/mol. The zero-order valence-electron chi connectivity index (χ0n) is 6.64. The highest BCUT2D eigenvalue weighted by Crippen LogP contribution is 2.23. The fraction of sp³-hybridized carbons (Fsp3) is 0.333. The summed E-state index contributed by atoms with van der Waals surface area (Å²) >= 11 is 2.36. The molecule has 1 heterocycles. The van der Waals surface area contributed by atoms with Gasteiger partial charge in [0.05, 0.1) is 0 Å². The Morgan fingerprint density at radius 3 is 3.00 bits per heavy atom. The van der Waals surface area contributed by atoms with Gasteiger partial charge < -0.3 is 5.32 Å². The lowest BCUT2D eigenvalue weighted by atomic mass is 10.0. The van der Waals surface area contributed by atoms with Crippen LogP contribution < -0.4 is 5.32 Å². The van der Waals surface area contributed by atoms with Crippen molar-refractivity contribution in [3.63, 3.8) is 0 Å². The number of rotatable bonds is 0. The first-order chi connectivity index (χ1) is 5.36. The van der Waals surface area contributed by atoms with Crippen LogP contribution in [0.5, 0.6) is 0 Å².